The van der Waals surface area contributed by atoms with E-state index < -0.39 is 52.4 Å². The molecule has 13 nitrogen and oxygen atoms in total. The van der Waals surface area contributed by atoms with Crippen LogP contribution < -0.4 is 10.4 Å². The number of β-lactam (4-membered cyclic amide) rings is 1. The van der Waals surface area contributed by atoms with Crippen LogP contribution in [0.1, 0.15) is 12.0 Å². The quantitative estimate of drug-likeness (QED) is 0.0774. The zero-order valence-corrected chi connectivity index (χ0v) is 15.3. The first-order valence-corrected chi connectivity index (χ1v) is 8.69. The third-order valence-electron chi connectivity index (χ3n) is 4.96. The highest BCUT2D eigenvalue weighted by atomic mass is 16.6. The lowest BCUT2D eigenvalue weighted by Gasteiger charge is -2.37. The van der Waals surface area contributed by atoms with Gasteiger partial charge in [0.2, 0.25) is 5.91 Å². The van der Waals surface area contributed by atoms with Crippen LogP contribution in [0.15, 0.2) is 24.3 Å². The van der Waals surface area contributed by atoms with Gasteiger partial charge in [0.25, 0.3) is 11.5 Å². The Balaban J connectivity index is 1.59. The number of ether oxygens (including phenoxy) is 1. The molecule has 156 valence electrons. The maximum atomic E-state index is 12.4. The zero-order chi connectivity index (χ0) is 22.0. The normalized spacial score (nSPS) is 21.5. The summed E-state index contributed by atoms with van der Waals surface area (Å²) in [5.41, 5.74) is 6.61. The number of carbonyl (C=O) groups excluding carboxylic acids is 4. The van der Waals surface area contributed by atoms with Gasteiger partial charge in [0.05, 0.1) is 21.3 Å². The van der Waals surface area contributed by atoms with Gasteiger partial charge in [-0.25, -0.2) is 4.79 Å². The SMILES string of the molecule is N=[N+]=C(C(=O)C[C@@H]1CN(C(=O)[O-])[C@@H]2C(=O)N[C@H]12)C(=O)OCc1ccc([N+](=O)[O-])cc1. The van der Waals surface area contributed by atoms with Crippen LogP contribution in [-0.2, 0) is 25.7 Å². The molecule has 0 bridgehead atoms. The molecular weight excluding hydrogens is 402 g/mol. The van der Waals surface area contributed by atoms with Crippen LogP contribution in [-0.4, -0.2) is 62.7 Å². The van der Waals surface area contributed by atoms with Crippen LogP contribution in [0.2, 0.25) is 0 Å². The van der Waals surface area contributed by atoms with E-state index in [0.29, 0.717) is 5.56 Å². The number of hydrogen-bond acceptors (Lipinski definition) is 9. The summed E-state index contributed by atoms with van der Waals surface area (Å²) in [4.78, 5) is 61.0. The molecule has 0 aliphatic carbocycles. The van der Waals surface area contributed by atoms with Crippen molar-refractivity contribution in [1.82, 2.24) is 10.2 Å². The standard InChI is InChI=1S/C17H15N5O8/c18-20-13(16(25)30-7-8-1-3-10(4-2-8)22(28)29)11(23)5-9-6-21(17(26)27)14-12(9)19-15(14)24/h1-4,9,12,14,18H,5-7H2,(H-,19,24,26,27)/t9-,12-,14+/m1/s1. The molecule has 3 atom stereocenters. The lowest BCUT2D eigenvalue weighted by molar-refractivity contribution is -0.384. The maximum absolute atomic E-state index is 12.4. The van der Waals surface area contributed by atoms with Gasteiger partial charge in [-0.1, -0.05) is 0 Å². The number of rotatable bonds is 7. The van der Waals surface area contributed by atoms with Crippen LogP contribution in [0.3, 0.4) is 0 Å². The van der Waals surface area contributed by atoms with E-state index in [-0.39, 0.29) is 25.3 Å². The van der Waals surface area contributed by atoms with Gasteiger partial charge in [0.15, 0.2) is 0 Å². The van der Waals surface area contributed by atoms with Crippen LogP contribution in [0.5, 0.6) is 0 Å². The minimum atomic E-state index is -1.54. The van der Waals surface area contributed by atoms with E-state index in [0.717, 1.165) is 4.90 Å². The number of Topliss-reactive ketones (excluding diaryl/α,β-unsaturated/α-hetero) is 1. The van der Waals surface area contributed by atoms with Gasteiger partial charge < -0.3 is 24.9 Å². The molecule has 0 unspecified atom stereocenters. The average molecular weight is 417 g/mol. The highest BCUT2D eigenvalue weighted by Gasteiger charge is 2.54. The van der Waals surface area contributed by atoms with E-state index in [9.17, 15) is 34.4 Å². The molecule has 1 aromatic carbocycles. The Morgan fingerprint density at radius 3 is 2.47 bits per heavy atom. The molecule has 2 fully saturated rings. The smallest absolute Gasteiger partial charge is 0.490 e. The van der Waals surface area contributed by atoms with Crippen molar-refractivity contribution in [2.24, 2.45) is 5.92 Å². The molecule has 2 amide bonds. The van der Waals surface area contributed by atoms with Gasteiger partial charge in [-0.3, -0.25) is 19.7 Å². The number of likely N-dealkylation sites (tertiary alicyclic amines) is 1. The first-order valence-electron chi connectivity index (χ1n) is 8.69. The van der Waals surface area contributed by atoms with Gasteiger partial charge in [-0.2, -0.15) is 0 Å². The number of non-ortho nitro benzene ring substituents is 1. The Morgan fingerprint density at radius 2 is 1.97 bits per heavy atom. The van der Waals surface area contributed by atoms with Crippen molar-refractivity contribution < 1.29 is 38.7 Å². The van der Waals surface area contributed by atoms with E-state index in [1.54, 1.807) is 0 Å². The summed E-state index contributed by atoms with van der Waals surface area (Å²) >= 11 is 0. The number of nitrogens with one attached hydrogen (secondary N) is 2. The fourth-order valence-electron chi connectivity index (χ4n) is 3.45. The molecule has 0 aromatic heterocycles. The molecule has 2 N–H and O–H groups in total. The number of fused-ring (bicyclic) bond motifs is 1. The molecule has 0 radical (unpaired) electrons. The largest absolute Gasteiger partial charge is 0.530 e. The summed E-state index contributed by atoms with van der Waals surface area (Å²) in [5, 5.41) is 24.3. The van der Waals surface area contributed by atoms with Crippen LogP contribution in [0.25, 0.3) is 0 Å². The second-order valence-electron chi connectivity index (χ2n) is 6.74. The lowest BCUT2D eigenvalue weighted by Crippen LogP contribution is -2.67. The van der Waals surface area contributed by atoms with Gasteiger partial charge in [-0.05, 0) is 17.7 Å². The number of carbonyl (C=O) groups is 4. The highest BCUT2D eigenvalue weighted by molar-refractivity contribution is 6.62. The van der Waals surface area contributed by atoms with E-state index in [1.807, 2.05) is 0 Å². The summed E-state index contributed by atoms with van der Waals surface area (Å²) in [7, 11) is 0. The van der Waals surface area contributed by atoms with Crippen molar-refractivity contribution in [3.63, 3.8) is 0 Å². The van der Waals surface area contributed by atoms with Gasteiger partial charge in [0, 0.05) is 31.0 Å². The van der Waals surface area contributed by atoms with Crippen molar-refractivity contribution in [2.75, 3.05) is 6.54 Å². The Labute approximate surface area is 168 Å². The number of nitro benzene ring substituents is 1. The second-order valence-corrected chi connectivity index (χ2v) is 6.74. The van der Waals surface area contributed by atoms with Gasteiger partial charge in [0.1, 0.15) is 18.7 Å². The molecule has 0 spiro atoms. The Bertz CT molecular complexity index is 976. The van der Waals surface area contributed by atoms with Crippen molar-refractivity contribution in [3.05, 3.63) is 39.9 Å². The molecule has 2 saturated heterocycles. The number of ketones is 1. The van der Waals surface area contributed by atoms with Gasteiger partial charge in [-0.15, -0.1) is 0 Å². The number of esters is 1. The van der Waals surface area contributed by atoms with E-state index >= 15 is 0 Å². The number of benzene rings is 1. The van der Waals surface area contributed by atoms with Crippen molar-refractivity contribution >= 4 is 35.2 Å². The summed E-state index contributed by atoms with van der Waals surface area (Å²) in [6.07, 6.45) is -1.86. The second kappa shape index (κ2) is 8.09. The summed E-state index contributed by atoms with van der Waals surface area (Å²) in [5.74, 6) is -3.07. The Hall–Kier alpha value is -4.12. The number of hydrogen-bond donors (Lipinski definition) is 2. The third kappa shape index (κ3) is 3.86. The van der Waals surface area contributed by atoms with Crippen molar-refractivity contribution in [3.8, 4) is 0 Å². The van der Waals surface area contributed by atoms with E-state index in [1.165, 1.54) is 24.3 Å². The molecular formula is C17H15N5O8. The Morgan fingerprint density at radius 1 is 1.30 bits per heavy atom. The molecule has 3 rings (SSSR count). The number of nitrogens with zero attached hydrogens (tertiary/aromatic N) is 3. The predicted octanol–water partition coefficient (Wildman–Crippen LogP) is -1.58. The minimum absolute atomic E-state index is 0.134. The lowest BCUT2D eigenvalue weighted by atomic mass is 9.87. The molecule has 13 heteroatoms. The number of nitro groups is 1. The first kappa shape index (κ1) is 20.6. The van der Waals surface area contributed by atoms with Crippen molar-refractivity contribution in [2.45, 2.75) is 25.1 Å². The fraction of sp³-hybridized carbons (Fsp3) is 0.353. The summed E-state index contributed by atoms with van der Waals surface area (Å²) in [6.45, 7) is -0.433. The first-order chi connectivity index (χ1) is 14.2. The monoisotopic (exact) mass is 417 g/mol. The van der Waals surface area contributed by atoms with E-state index in [2.05, 4.69) is 10.1 Å². The number of carboxylic acid groups (broad SMARTS) is 1. The fourth-order valence-corrected chi connectivity index (χ4v) is 3.45. The maximum Gasteiger partial charge on any atom is 0.490 e. The van der Waals surface area contributed by atoms with Crippen molar-refractivity contribution in [1.29, 1.82) is 5.53 Å². The molecule has 2 aliphatic rings. The molecule has 30 heavy (non-hydrogen) atoms. The predicted molar refractivity (Wildman–Crippen MR) is 91.8 cm³/mol. The van der Waals surface area contributed by atoms with Crippen LogP contribution in [0.4, 0.5) is 10.5 Å². The zero-order valence-electron chi connectivity index (χ0n) is 15.3. The van der Waals surface area contributed by atoms with Crippen LogP contribution >= 0.6 is 0 Å². The molecule has 2 aliphatic heterocycles. The minimum Gasteiger partial charge on any atom is -0.530 e. The third-order valence-corrected chi connectivity index (χ3v) is 4.96. The topological polar surface area (TPSA) is 197 Å². The Kier molecular flexibility index (Phi) is 5.56. The van der Waals surface area contributed by atoms with E-state index in [4.69, 9.17) is 10.3 Å². The molecule has 0 saturated carbocycles. The van der Waals surface area contributed by atoms with Gasteiger partial charge >= 0.3 is 11.7 Å². The summed E-state index contributed by atoms with van der Waals surface area (Å²) in [6, 6.07) is 3.68. The molecule has 1 aromatic rings. The molecule has 2 heterocycles. The number of amides is 2. The highest BCUT2D eigenvalue weighted by Crippen LogP contribution is 2.32. The average Bonchev–Trinajstić information content (AvgIpc) is 2.99. The van der Waals surface area contributed by atoms with Crippen LogP contribution in [0, 0.1) is 21.6 Å². The summed E-state index contributed by atoms with van der Waals surface area (Å²) < 4.78 is 4.94.